The molecule has 2 aromatic rings. The van der Waals surface area contributed by atoms with Crippen molar-refractivity contribution in [3.63, 3.8) is 0 Å². The van der Waals surface area contributed by atoms with Crippen molar-refractivity contribution in [1.82, 2.24) is 0 Å². The van der Waals surface area contributed by atoms with E-state index in [1.54, 1.807) is 0 Å². The van der Waals surface area contributed by atoms with E-state index in [0.29, 0.717) is 12.1 Å². The highest BCUT2D eigenvalue weighted by molar-refractivity contribution is 5.87. The number of rotatable bonds is 3. The standard InChI is InChI=1S/C16H10F5NO2/c17-12-6-8(1-3-11(12)16(19,20)21)10-5-9(2-4-14(23)24)15(22)13(18)7-10/h1-7H,22H2,(H,23,24)/b4-2+. The predicted molar refractivity (Wildman–Crippen MR) is 77.9 cm³/mol. The second-order valence-corrected chi connectivity index (χ2v) is 4.82. The number of carbonyl (C=O) groups is 1. The minimum atomic E-state index is -4.84. The Bertz CT molecular complexity index is 828. The molecule has 8 heteroatoms. The molecule has 0 saturated carbocycles. The van der Waals surface area contributed by atoms with Crippen molar-refractivity contribution in [1.29, 1.82) is 0 Å². The van der Waals surface area contributed by atoms with E-state index < -0.39 is 29.3 Å². The van der Waals surface area contributed by atoms with Gasteiger partial charge >= 0.3 is 12.1 Å². The lowest BCUT2D eigenvalue weighted by molar-refractivity contribution is -0.140. The molecular formula is C16H10F5NO2. The summed E-state index contributed by atoms with van der Waals surface area (Å²) in [5.41, 5.74) is 3.77. The van der Waals surface area contributed by atoms with Gasteiger partial charge in [-0.1, -0.05) is 6.07 Å². The highest BCUT2D eigenvalue weighted by atomic mass is 19.4. The van der Waals surface area contributed by atoms with Crippen LogP contribution in [0.3, 0.4) is 0 Å². The van der Waals surface area contributed by atoms with Gasteiger partial charge in [-0.3, -0.25) is 0 Å². The van der Waals surface area contributed by atoms with E-state index in [-0.39, 0.29) is 22.4 Å². The summed E-state index contributed by atoms with van der Waals surface area (Å²) in [6.45, 7) is 0. The molecule has 0 aliphatic carbocycles. The van der Waals surface area contributed by atoms with Crippen LogP contribution in [-0.4, -0.2) is 11.1 Å². The second-order valence-electron chi connectivity index (χ2n) is 4.82. The maximum absolute atomic E-state index is 13.8. The zero-order valence-electron chi connectivity index (χ0n) is 11.9. The Balaban J connectivity index is 2.53. The summed E-state index contributed by atoms with van der Waals surface area (Å²) >= 11 is 0. The average Bonchev–Trinajstić information content (AvgIpc) is 2.47. The SMILES string of the molecule is Nc1c(F)cc(-c2ccc(C(F)(F)F)c(F)c2)cc1/C=C/C(=O)O. The van der Waals surface area contributed by atoms with Gasteiger partial charge in [-0.2, -0.15) is 13.2 Å². The molecule has 0 amide bonds. The van der Waals surface area contributed by atoms with Crippen molar-refractivity contribution in [3.8, 4) is 11.1 Å². The number of hydrogen-bond acceptors (Lipinski definition) is 2. The number of nitrogen functional groups attached to an aromatic ring is 1. The topological polar surface area (TPSA) is 63.3 Å². The van der Waals surface area contributed by atoms with Crippen molar-refractivity contribution in [2.24, 2.45) is 0 Å². The number of benzene rings is 2. The molecule has 0 unspecified atom stereocenters. The van der Waals surface area contributed by atoms with Crippen molar-refractivity contribution in [2.75, 3.05) is 5.73 Å². The van der Waals surface area contributed by atoms with Gasteiger partial charge in [0.1, 0.15) is 11.6 Å². The number of halogens is 5. The average molecular weight is 343 g/mol. The normalized spacial score (nSPS) is 11.9. The number of anilines is 1. The van der Waals surface area contributed by atoms with E-state index >= 15 is 0 Å². The van der Waals surface area contributed by atoms with E-state index in [0.717, 1.165) is 24.3 Å². The maximum Gasteiger partial charge on any atom is 0.419 e. The summed E-state index contributed by atoms with van der Waals surface area (Å²) in [7, 11) is 0. The number of carboxylic acids is 1. The molecule has 3 N–H and O–H groups in total. The molecule has 0 atom stereocenters. The van der Waals surface area contributed by atoms with Crippen molar-refractivity contribution in [3.05, 3.63) is 59.2 Å². The lowest BCUT2D eigenvalue weighted by Crippen LogP contribution is -2.07. The number of alkyl halides is 3. The van der Waals surface area contributed by atoms with Crippen LogP contribution < -0.4 is 5.73 Å². The van der Waals surface area contributed by atoms with Crippen LogP contribution in [0.2, 0.25) is 0 Å². The molecule has 126 valence electrons. The van der Waals surface area contributed by atoms with Gasteiger partial charge in [0.15, 0.2) is 0 Å². The van der Waals surface area contributed by atoms with E-state index in [1.807, 2.05) is 0 Å². The van der Waals surface area contributed by atoms with Gasteiger partial charge < -0.3 is 10.8 Å². The Labute approximate surface area is 132 Å². The summed E-state index contributed by atoms with van der Waals surface area (Å²) < 4.78 is 65.2. The van der Waals surface area contributed by atoms with Crippen LogP contribution in [0.5, 0.6) is 0 Å². The first-order valence-corrected chi connectivity index (χ1v) is 6.46. The molecule has 0 heterocycles. The molecule has 0 spiro atoms. The minimum absolute atomic E-state index is 0.00714. The fraction of sp³-hybridized carbons (Fsp3) is 0.0625. The van der Waals surface area contributed by atoms with Crippen LogP contribution in [0.1, 0.15) is 11.1 Å². The molecule has 0 aliphatic heterocycles. The summed E-state index contributed by atoms with van der Waals surface area (Å²) in [6.07, 6.45) is -3.09. The van der Waals surface area contributed by atoms with Crippen LogP contribution >= 0.6 is 0 Å². The molecule has 0 bridgehead atoms. The van der Waals surface area contributed by atoms with Gasteiger partial charge in [-0.05, 0) is 41.5 Å². The molecule has 24 heavy (non-hydrogen) atoms. The molecule has 3 nitrogen and oxygen atoms in total. The fourth-order valence-corrected chi connectivity index (χ4v) is 2.03. The van der Waals surface area contributed by atoms with Crippen LogP contribution in [-0.2, 0) is 11.0 Å². The van der Waals surface area contributed by atoms with Gasteiger partial charge in [-0.25, -0.2) is 13.6 Å². The smallest absolute Gasteiger partial charge is 0.419 e. The molecule has 0 aliphatic rings. The van der Waals surface area contributed by atoms with Gasteiger partial charge in [-0.15, -0.1) is 0 Å². The quantitative estimate of drug-likeness (QED) is 0.495. The van der Waals surface area contributed by atoms with E-state index in [9.17, 15) is 26.7 Å². The number of nitrogens with two attached hydrogens (primary N) is 1. The third kappa shape index (κ3) is 3.70. The van der Waals surface area contributed by atoms with Gasteiger partial charge in [0, 0.05) is 11.6 Å². The summed E-state index contributed by atoms with van der Waals surface area (Å²) in [4.78, 5) is 10.5. The Morgan fingerprint density at radius 1 is 1.04 bits per heavy atom. The van der Waals surface area contributed by atoms with E-state index in [2.05, 4.69) is 0 Å². The lowest BCUT2D eigenvalue weighted by atomic mass is 9.99. The van der Waals surface area contributed by atoms with E-state index in [4.69, 9.17) is 10.8 Å². The first-order valence-electron chi connectivity index (χ1n) is 6.46. The highest BCUT2D eigenvalue weighted by Gasteiger charge is 2.33. The Hall–Kier alpha value is -2.90. The molecular weight excluding hydrogens is 333 g/mol. The summed E-state index contributed by atoms with van der Waals surface area (Å²) in [5.74, 6) is -3.70. The third-order valence-corrected chi connectivity index (χ3v) is 3.17. The number of aliphatic carboxylic acids is 1. The largest absolute Gasteiger partial charge is 0.478 e. The monoisotopic (exact) mass is 343 g/mol. The number of hydrogen-bond donors (Lipinski definition) is 2. The highest BCUT2D eigenvalue weighted by Crippen LogP contribution is 2.34. The Kier molecular flexibility index (Phi) is 4.59. The van der Waals surface area contributed by atoms with Crippen LogP contribution in [0, 0.1) is 11.6 Å². The Morgan fingerprint density at radius 2 is 1.67 bits per heavy atom. The van der Waals surface area contributed by atoms with Crippen LogP contribution in [0.4, 0.5) is 27.6 Å². The molecule has 2 aromatic carbocycles. The minimum Gasteiger partial charge on any atom is -0.478 e. The zero-order chi connectivity index (χ0) is 18.1. The van der Waals surface area contributed by atoms with Crippen molar-refractivity contribution in [2.45, 2.75) is 6.18 Å². The predicted octanol–water partition coefficient (Wildman–Crippen LogP) is 4.33. The van der Waals surface area contributed by atoms with Crippen molar-refractivity contribution < 1.29 is 31.9 Å². The van der Waals surface area contributed by atoms with Crippen LogP contribution in [0.25, 0.3) is 17.2 Å². The molecule has 0 saturated heterocycles. The zero-order valence-corrected chi connectivity index (χ0v) is 11.9. The maximum atomic E-state index is 13.8. The summed E-state index contributed by atoms with van der Waals surface area (Å²) in [5, 5.41) is 8.59. The number of carboxylic acid groups (broad SMARTS) is 1. The van der Waals surface area contributed by atoms with Gasteiger partial charge in [0.2, 0.25) is 0 Å². The van der Waals surface area contributed by atoms with Gasteiger partial charge in [0.05, 0.1) is 11.3 Å². The molecule has 2 rings (SSSR count). The summed E-state index contributed by atoms with van der Waals surface area (Å²) in [6, 6.07) is 4.33. The third-order valence-electron chi connectivity index (χ3n) is 3.17. The molecule has 0 aromatic heterocycles. The van der Waals surface area contributed by atoms with Crippen molar-refractivity contribution >= 4 is 17.7 Å². The first-order chi connectivity index (χ1) is 11.1. The second kappa shape index (κ2) is 6.31. The Morgan fingerprint density at radius 3 is 2.21 bits per heavy atom. The van der Waals surface area contributed by atoms with Gasteiger partial charge in [0.25, 0.3) is 0 Å². The fourth-order valence-electron chi connectivity index (χ4n) is 2.03. The first kappa shape index (κ1) is 17.5. The lowest BCUT2D eigenvalue weighted by Gasteiger charge is -2.11. The molecule has 0 fully saturated rings. The van der Waals surface area contributed by atoms with E-state index in [1.165, 1.54) is 6.07 Å². The molecule has 0 radical (unpaired) electrons. The van der Waals surface area contributed by atoms with Crippen LogP contribution in [0.15, 0.2) is 36.4 Å².